The normalized spacial score (nSPS) is 14.4. The zero-order valence-corrected chi connectivity index (χ0v) is 17.0. The van der Waals surface area contributed by atoms with Crippen molar-refractivity contribution in [3.63, 3.8) is 0 Å². The van der Waals surface area contributed by atoms with Gasteiger partial charge in [-0.3, -0.25) is 9.59 Å². The Labute approximate surface area is 176 Å². The predicted molar refractivity (Wildman–Crippen MR) is 121 cm³/mol. The van der Waals surface area contributed by atoms with Crippen LogP contribution in [0.1, 0.15) is 30.0 Å². The van der Waals surface area contributed by atoms with Crippen LogP contribution in [0, 0.1) is 6.92 Å². The molecule has 1 saturated heterocycles. The molecular weight excluding hydrogens is 374 g/mol. The average molecular weight is 399 g/mol. The number of anilines is 3. The Hall–Kier alpha value is -3.60. The van der Waals surface area contributed by atoms with Crippen LogP contribution in [0.5, 0.6) is 0 Å². The second kappa shape index (κ2) is 8.82. The number of rotatable bonds is 6. The number of amides is 2. The number of hydrogen-bond acceptors (Lipinski definition) is 3. The van der Waals surface area contributed by atoms with E-state index in [9.17, 15) is 9.59 Å². The van der Waals surface area contributed by atoms with E-state index in [1.54, 1.807) is 0 Å². The van der Waals surface area contributed by atoms with Gasteiger partial charge in [0.1, 0.15) is 6.04 Å². The van der Waals surface area contributed by atoms with Crippen molar-refractivity contribution >= 4 is 28.9 Å². The third kappa shape index (κ3) is 4.51. The van der Waals surface area contributed by atoms with Gasteiger partial charge in [-0.05, 0) is 55.3 Å². The molecule has 0 radical (unpaired) electrons. The second-order valence-electron chi connectivity index (χ2n) is 7.54. The first kappa shape index (κ1) is 19.7. The number of carbonyl (C=O) groups excluding carboxylic acids is 2. The summed E-state index contributed by atoms with van der Waals surface area (Å²) in [5, 5.41) is 6.34. The fourth-order valence-corrected chi connectivity index (χ4v) is 3.62. The molecule has 30 heavy (non-hydrogen) atoms. The van der Waals surface area contributed by atoms with Gasteiger partial charge in [0, 0.05) is 30.0 Å². The van der Waals surface area contributed by atoms with Crippen LogP contribution in [-0.2, 0) is 9.59 Å². The molecule has 4 rings (SSSR count). The van der Waals surface area contributed by atoms with Crippen molar-refractivity contribution < 1.29 is 9.59 Å². The standard InChI is InChI=1S/C25H25N3O2/c1-18-9-11-21(12-10-18)27-25(30)24(19-6-3-2-4-7-19)26-20-13-15-22(16-14-20)28-17-5-8-23(28)29/h2-4,6-7,9-16,24,26H,5,8,17H2,1H3,(H,27,30)/t24-/m1/s1. The van der Waals surface area contributed by atoms with E-state index in [0.717, 1.165) is 41.2 Å². The van der Waals surface area contributed by atoms with Crippen molar-refractivity contribution in [3.05, 3.63) is 90.0 Å². The molecule has 2 N–H and O–H groups in total. The summed E-state index contributed by atoms with van der Waals surface area (Å²) in [5.74, 6) is 0.0270. The van der Waals surface area contributed by atoms with Gasteiger partial charge in [-0.15, -0.1) is 0 Å². The summed E-state index contributed by atoms with van der Waals surface area (Å²) < 4.78 is 0. The van der Waals surface area contributed by atoms with E-state index in [0.29, 0.717) is 6.42 Å². The lowest BCUT2D eigenvalue weighted by atomic mass is 10.1. The Bertz CT molecular complexity index is 1010. The van der Waals surface area contributed by atoms with Crippen LogP contribution in [0.3, 0.4) is 0 Å². The van der Waals surface area contributed by atoms with Crippen molar-refractivity contribution in [2.24, 2.45) is 0 Å². The summed E-state index contributed by atoms with van der Waals surface area (Å²) >= 11 is 0. The highest BCUT2D eigenvalue weighted by Gasteiger charge is 2.23. The molecule has 0 aliphatic carbocycles. The van der Waals surface area contributed by atoms with Gasteiger partial charge in [0.2, 0.25) is 5.91 Å². The van der Waals surface area contributed by atoms with E-state index < -0.39 is 6.04 Å². The second-order valence-corrected chi connectivity index (χ2v) is 7.54. The average Bonchev–Trinajstić information content (AvgIpc) is 3.20. The maximum Gasteiger partial charge on any atom is 0.251 e. The Morgan fingerprint density at radius 1 is 0.900 bits per heavy atom. The number of hydrogen-bond donors (Lipinski definition) is 2. The highest BCUT2D eigenvalue weighted by molar-refractivity contribution is 5.98. The summed E-state index contributed by atoms with van der Waals surface area (Å²) in [6.07, 6.45) is 1.50. The zero-order valence-electron chi connectivity index (χ0n) is 17.0. The first-order valence-electron chi connectivity index (χ1n) is 10.2. The van der Waals surface area contributed by atoms with Crippen LogP contribution < -0.4 is 15.5 Å². The highest BCUT2D eigenvalue weighted by atomic mass is 16.2. The molecule has 1 aliphatic heterocycles. The molecule has 0 bridgehead atoms. The molecule has 2 amide bonds. The van der Waals surface area contributed by atoms with Crippen molar-refractivity contribution in [1.29, 1.82) is 0 Å². The Balaban J connectivity index is 1.53. The molecule has 1 atom stereocenters. The number of benzene rings is 3. The summed E-state index contributed by atoms with van der Waals surface area (Å²) in [6, 6.07) is 24.5. The largest absolute Gasteiger partial charge is 0.370 e. The van der Waals surface area contributed by atoms with Gasteiger partial charge < -0.3 is 15.5 Å². The fourth-order valence-electron chi connectivity index (χ4n) is 3.62. The third-order valence-electron chi connectivity index (χ3n) is 5.28. The minimum atomic E-state index is -0.549. The molecule has 152 valence electrons. The van der Waals surface area contributed by atoms with Gasteiger partial charge in [-0.2, -0.15) is 0 Å². The summed E-state index contributed by atoms with van der Waals surface area (Å²) in [6.45, 7) is 2.77. The molecular formula is C25H25N3O2. The van der Waals surface area contributed by atoms with E-state index in [-0.39, 0.29) is 11.8 Å². The quantitative estimate of drug-likeness (QED) is 0.619. The number of nitrogens with one attached hydrogen (secondary N) is 2. The maximum atomic E-state index is 13.1. The first-order chi connectivity index (χ1) is 14.6. The number of carbonyl (C=O) groups is 2. The Kier molecular flexibility index (Phi) is 5.80. The minimum absolute atomic E-state index is 0.135. The smallest absolute Gasteiger partial charge is 0.251 e. The van der Waals surface area contributed by atoms with Gasteiger partial charge in [0.25, 0.3) is 5.91 Å². The van der Waals surface area contributed by atoms with E-state index >= 15 is 0 Å². The maximum absolute atomic E-state index is 13.1. The van der Waals surface area contributed by atoms with E-state index in [1.807, 2.05) is 90.7 Å². The molecule has 3 aromatic rings. The summed E-state index contributed by atoms with van der Waals surface area (Å²) in [7, 11) is 0. The van der Waals surface area contributed by atoms with Crippen molar-refractivity contribution in [2.45, 2.75) is 25.8 Å². The van der Waals surface area contributed by atoms with Crippen LogP contribution in [0.15, 0.2) is 78.9 Å². The monoisotopic (exact) mass is 399 g/mol. The molecule has 1 aliphatic rings. The SMILES string of the molecule is Cc1ccc(NC(=O)[C@H](Nc2ccc(N3CCCC3=O)cc2)c2ccccc2)cc1. The molecule has 1 fully saturated rings. The van der Waals surface area contributed by atoms with Gasteiger partial charge in [-0.1, -0.05) is 48.0 Å². The van der Waals surface area contributed by atoms with Gasteiger partial charge >= 0.3 is 0 Å². The number of nitrogens with zero attached hydrogens (tertiary/aromatic N) is 1. The van der Waals surface area contributed by atoms with E-state index in [1.165, 1.54) is 0 Å². The molecule has 0 saturated carbocycles. The van der Waals surface area contributed by atoms with Crippen LogP contribution in [0.2, 0.25) is 0 Å². The van der Waals surface area contributed by atoms with Crippen molar-refractivity contribution in [1.82, 2.24) is 0 Å². The van der Waals surface area contributed by atoms with E-state index in [2.05, 4.69) is 10.6 Å². The molecule has 0 unspecified atom stereocenters. The van der Waals surface area contributed by atoms with Gasteiger partial charge in [-0.25, -0.2) is 0 Å². The Morgan fingerprint density at radius 3 is 2.20 bits per heavy atom. The first-order valence-corrected chi connectivity index (χ1v) is 10.2. The zero-order chi connectivity index (χ0) is 20.9. The third-order valence-corrected chi connectivity index (χ3v) is 5.28. The lowest BCUT2D eigenvalue weighted by Crippen LogP contribution is -2.27. The number of aryl methyl sites for hydroxylation is 1. The van der Waals surface area contributed by atoms with Gasteiger partial charge in [0.05, 0.1) is 0 Å². The minimum Gasteiger partial charge on any atom is -0.370 e. The topological polar surface area (TPSA) is 61.4 Å². The van der Waals surface area contributed by atoms with Crippen LogP contribution >= 0.6 is 0 Å². The van der Waals surface area contributed by atoms with Crippen LogP contribution in [-0.4, -0.2) is 18.4 Å². The molecule has 3 aromatic carbocycles. The molecule has 5 heteroatoms. The highest BCUT2D eigenvalue weighted by Crippen LogP contribution is 2.26. The van der Waals surface area contributed by atoms with Crippen LogP contribution in [0.4, 0.5) is 17.1 Å². The van der Waals surface area contributed by atoms with Crippen molar-refractivity contribution in [3.8, 4) is 0 Å². The molecule has 0 aromatic heterocycles. The van der Waals surface area contributed by atoms with Gasteiger partial charge in [0.15, 0.2) is 0 Å². The predicted octanol–water partition coefficient (Wildman–Crippen LogP) is 4.91. The fraction of sp³-hybridized carbons (Fsp3) is 0.200. The lowest BCUT2D eigenvalue weighted by Gasteiger charge is -2.21. The lowest BCUT2D eigenvalue weighted by molar-refractivity contribution is -0.117. The van der Waals surface area contributed by atoms with Crippen LogP contribution in [0.25, 0.3) is 0 Å². The van der Waals surface area contributed by atoms with E-state index in [4.69, 9.17) is 0 Å². The molecule has 5 nitrogen and oxygen atoms in total. The summed E-state index contributed by atoms with van der Waals surface area (Å²) in [4.78, 5) is 26.9. The van der Waals surface area contributed by atoms with Crippen molar-refractivity contribution in [2.75, 3.05) is 22.1 Å². The summed E-state index contributed by atoms with van der Waals surface area (Å²) in [5.41, 5.74) is 4.49. The Morgan fingerprint density at radius 2 is 1.57 bits per heavy atom. The molecule has 1 heterocycles. The molecule has 0 spiro atoms.